The van der Waals surface area contributed by atoms with Crippen LogP contribution in [0.15, 0.2) is 48.5 Å². The lowest BCUT2D eigenvalue weighted by Gasteiger charge is -2.09. The number of nitrogens with one attached hydrogen (secondary N) is 1. The highest BCUT2D eigenvalue weighted by molar-refractivity contribution is 6.30. The van der Waals surface area contributed by atoms with Gasteiger partial charge in [0.2, 0.25) is 0 Å². The standard InChI is InChI=1S/C19H17ClN4O2/c20-14-7-5-6-13(12-14)18-15-8-3-4-11-21-19(15)23(22-18)16-9-1-2-10-17(16)24(25)26/h1-2,5-7,9-10,12,21H,3-4,8,11H2. The maximum absolute atomic E-state index is 11.5. The van der Waals surface area contributed by atoms with Crippen molar-refractivity contribution in [2.45, 2.75) is 19.3 Å². The van der Waals surface area contributed by atoms with Crippen LogP contribution in [0.5, 0.6) is 0 Å². The molecule has 0 fully saturated rings. The number of rotatable bonds is 3. The first-order valence-corrected chi connectivity index (χ1v) is 8.88. The number of anilines is 1. The van der Waals surface area contributed by atoms with Crippen molar-refractivity contribution in [2.75, 3.05) is 11.9 Å². The van der Waals surface area contributed by atoms with E-state index in [2.05, 4.69) is 5.32 Å². The molecule has 26 heavy (non-hydrogen) atoms. The first kappa shape index (κ1) is 16.6. The van der Waals surface area contributed by atoms with Crippen molar-refractivity contribution in [1.82, 2.24) is 9.78 Å². The Morgan fingerprint density at radius 3 is 2.81 bits per heavy atom. The Balaban J connectivity index is 1.96. The van der Waals surface area contributed by atoms with Crippen LogP contribution in [-0.2, 0) is 6.42 Å². The normalized spacial score (nSPS) is 13.6. The Bertz CT molecular complexity index is 983. The van der Waals surface area contributed by atoms with Crippen molar-refractivity contribution in [3.8, 4) is 16.9 Å². The van der Waals surface area contributed by atoms with Crippen LogP contribution in [0.3, 0.4) is 0 Å². The second kappa shape index (κ2) is 6.80. The van der Waals surface area contributed by atoms with Crippen molar-refractivity contribution in [1.29, 1.82) is 0 Å². The smallest absolute Gasteiger partial charge is 0.294 e. The molecule has 2 heterocycles. The molecular weight excluding hydrogens is 352 g/mol. The predicted molar refractivity (Wildman–Crippen MR) is 102 cm³/mol. The lowest BCUT2D eigenvalue weighted by atomic mass is 10.0. The quantitative estimate of drug-likeness (QED) is 0.529. The van der Waals surface area contributed by atoms with Crippen LogP contribution in [0.4, 0.5) is 11.5 Å². The van der Waals surface area contributed by atoms with E-state index in [4.69, 9.17) is 16.7 Å². The average molecular weight is 369 g/mol. The van der Waals surface area contributed by atoms with E-state index in [1.807, 2.05) is 24.3 Å². The highest BCUT2D eigenvalue weighted by Gasteiger charge is 2.25. The molecule has 1 aliphatic rings. The Labute approximate surface area is 155 Å². The van der Waals surface area contributed by atoms with Crippen LogP contribution in [0, 0.1) is 10.1 Å². The van der Waals surface area contributed by atoms with Crippen molar-refractivity contribution in [3.63, 3.8) is 0 Å². The van der Waals surface area contributed by atoms with Gasteiger partial charge in [-0.25, -0.2) is 4.68 Å². The number of hydrogen-bond acceptors (Lipinski definition) is 4. The topological polar surface area (TPSA) is 73.0 Å². The van der Waals surface area contributed by atoms with Crippen molar-refractivity contribution < 1.29 is 4.92 Å². The SMILES string of the molecule is O=[N+]([O-])c1ccccc1-n1nc(-c2cccc(Cl)c2)c2c1NCCCC2. The molecule has 4 rings (SSSR count). The molecular formula is C19H17ClN4O2. The molecule has 1 aromatic heterocycles. The molecule has 0 bridgehead atoms. The van der Waals surface area contributed by atoms with Crippen molar-refractivity contribution in [2.24, 2.45) is 0 Å². The summed E-state index contributed by atoms with van der Waals surface area (Å²) in [5, 5.41) is 20.3. The minimum atomic E-state index is -0.376. The molecule has 0 spiro atoms. The summed E-state index contributed by atoms with van der Waals surface area (Å²) in [5.41, 5.74) is 3.28. The largest absolute Gasteiger partial charge is 0.370 e. The number of aromatic nitrogens is 2. The van der Waals surface area contributed by atoms with Gasteiger partial charge < -0.3 is 5.32 Å². The van der Waals surface area contributed by atoms with Gasteiger partial charge in [-0.2, -0.15) is 5.10 Å². The summed E-state index contributed by atoms with van der Waals surface area (Å²) in [6.45, 7) is 0.814. The number of para-hydroxylation sites is 2. The van der Waals surface area contributed by atoms with E-state index in [1.54, 1.807) is 22.9 Å². The van der Waals surface area contributed by atoms with Crippen molar-refractivity contribution in [3.05, 3.63) is 69.2 Å². The van der Waals surface area contributed by atoms with Gasteiger partial charge in [0, 0.05) is 28.8 Å². The second-order valence-corrected chi connectivity index (χ2v) is 6.66. The van der Waals surface area contributed by atoms with E-state index >= 15 is 0 Å². The van der Waals surface area contributed by atoms with Gasteiger partial charge in [-0.15, -0.1) is 0 Å². The minimum Gasteiger partial charge on any atom is -0.370 e. The fourth-order valence-electron chi connectivity index (χ4n) is 3.34. The van der Waals surface area contributed by atoms with Crippen LogP contribution in [0.2, 0.25) is 5.02 Å². The van der Waals surface area contributed by atoms with Crippen molar-refractivity contribution >= 4 is 23.1 Å². The van der Waals surface area contributed by atoms with Gasteiger partial charge in [-0.3, -0.25) is 10.1 Å². The second-order valence-electron chi connectivity index (χ2n) is 6.23. The highest BCUT2D eigenvalue weighted by Crippen LogP contribution is 2.36. The number of nitrogens with zero attached hydrogens (tertiary/aromatic N) is 3. The summed E-state index contributed by atoms with van der Waals surface area (Å²) < 4.78 is 1.66. The van der Waals surface area contributed by atoms with E-state index < -0.39 is 0 Å². The first-order chi connectivity index (χ1) is 12.6. The van der Waals surface area contributed by atoms with E-state index in [0.29, 0.717) is 10.7 Å². The molecule has 0 radical (unpaired) electrons. The summed E-state index contributed by atoms with van der Waals surface area (Å²) in [6, 6.07) is 14.2. The van der Waals surface area contributed by atoms with Gasteiger partial charge in [0.25, 0.3) is 5.69 Å². The Morgan fingerprint density at radius 2 is 2.00 bits per heavy atom. The van der Waals surface area contributed by atoms with Gasteiger partial charge in [0.05, 0.1) is 10.6 Å². The van der Waals surface area contributed by atoms with Crippen LogP contribution in [0.25, 0.3) is 16.9 Å². The van der Waals surface area contributed by atoms with E-state index in [9.17, 15) is 10.1 Å². The number of fused-ring (bicyclic) bond motifs is 1. The number of nitro benzene ring substituents is 1. The Hall–Kier alpha value is -2.86. The summed E-state index contributed by atoms with van der Waals surface area (Å²) in [4.78, 5) is 11.1. The van der Waals surface area contributed by atoms with Gasteiger partial charge in [-0.1, -0.05) is 35.9 Å². The lowest BCUT2D eigenvalue weighted by molar-refractivity contribution is -0.384. The average Bonchev–Trinajstić information content (AvgIpc) is 2.82. The zero-order valence-corrected chi connectivity index (χ0v) is 14.7. The molecule has 0 atom stereocenters. The molecule has 2 aromatic carbocycles. The summed E-state index contributed by atoms with van der Waals surface area (Å²) in [6.07, 6.45) is 2.95. The molecule has 1 aliphatic heterocycles. The van der Waals surface area contributed by atoms with Gasteiger partial charge in [0.15, 0.2) is 0 Å². The van der Waals surface area contributed by atoms with E-state index in [-0.39, 0.29) is 10.6 Å². The molecule has 0 saturated heterocycles. The lowest BCUT2D eigenvalue weighted by Crippen LogP contribution is -2.08. The van der Waals surface area contributed by atoms with E-state index in [0.717, 1.165) is 48.4 Å². The molecule has 1 N–H and O–H groups in total. The monoisotopic (exact) mass is 368 g/mol. The number of hydrogen-bond donors (Lipinski definition) is 1. The minimum absolute atomic E-state index is 0.0292. The highest BCUT2D eigenvalue weighted by atomic mass is 35.5. The predicted octanol–water partition coefficient (Wildman–Crippen LogP) is 4.85. The van der Waals surface area contributed by atoms with Crippen LogP contribution >= 0.6 is 11.6 Å². The first-order valence-electron chi connectivity index (χ1n) is 8.50. The summed E-state index contributed by atoms with van der Waals surface area (Å²) >= 11 is 6.16. The third-order valence-corrected chi connectivity index (χ3v) is 4.77. The van der Waals surface area contributed by atoms with Crippen LogP contribution in [0.1, 0.15) is 18.4 Å². The molecule has 0 amide bonds. The third kappa shape index (κ3) is 2.93. The number of halogens is 1. The van der Waals surface area contributed by atoms with Crippen LogP contribution in [-0.4, -0.2) is 21.2 Å². The molecule has 6 nitrogen and oxygen atoms in total. The molecule has 0 aliphatic carbocycles. The number of benzene rings is 2. The zero-order valence-electron chi connectivity index (χ0n) is 14.0. The molecule has 132 valence electrons. The fourth-order valence-corrected chi connectivity index (χ4v) is 3.53. The van der Waals surface area contributed by atoms with Gasteiger partial charge in [0.1, 0.15) is 11.5 Å². The molecule has 3 aromatic rings. The maximum atomic E-state index is 11.5. The Kier molecular flexibility index (Phi) is 4.34. The van der Waals surface area contributed by atoms with Gasteiger partial charge >= 0.3 is 0 Å². The van der Waals surface area contributed by atoms with Crippen LogP contribution < -0.4 is 5.32 Å². The zero-order chi connectivity index (χ0) is 18.1. The molecule has 0 saturated carbocycles. The maximum Gasteiger partial charge on any atom is 0.294 e. The summed E-state index contributed by atoms with van der Waals surface area (Å²) in [7, 11) is 0. The molecule has 7 heteroatoms. The summed E-state index contributed by atoms with van der Waals surface area (Å²) in [5.74, 6) is 0.826. The van der Waals surface area contributed by atoms with Gasteiger partial charge in [-0.05, 0) is 37.5 Å². The fraction of sp³-hybridized carbons (Fsp3) is 0.211. The third-order valence-electron chi connectivity index (χ3n) is 4.53. The van der Waals surface area contributed by atoms with E-state index in [1.165, 1.54) is 6.07 Å². The molecule has 0 unspecified atom stereocenters. The number of nitro groups is 1. The Morgan fingerprint density at radius 1 is 1.15 bits per heavy atom.